The van der Waals surface area contributed by atoms with Gasteiger partial charge in [-0.05, 0) is 67.6 Å². The molecule has 6 heteroatoms. The zero-order valence-corrected chi connectivity index (χ0v) is 17.6. The average molecular weight is 425 g/mol. The lowest BCUT2D eigenvalue weighted by Crippen LogP contribution is -2.14. The second kappa shape index (κ2) is 8.80. The molecule has 4 nitrogen and oxygen atoms in total. The van der Waals surface area contributed by atoms with Gasteiger partial charge in [0, 0.05) is 27.4 Å². The Kier molecular flexibility index (Phi) is 5.97. The van der Waals surface area contributed by atoms with Gasteiger partial charge in [-0.15, -0.1) is 11.3 Å². The van der Waals surface area contributed by atoms with Gasteiger partial charge in [-0.2, -0.15) is 0 Å². The molecule has 0 saturated heterocycles. The topological polar surface area (TPSA) is 50.7 Å². The second-order valence-electron chi connectivity index (χ2n) is 6.85. The molecule has 0 unspecified atom stereocenters. The molecule has 0 radical (unpaired) electrons. The van der Waals surface area contributed by atoms with Crippen molar-refractivity contribution in [1.29, 1.82) is 0 Å². The number of aryl methyl sites for hydroxylation is 1. The number of para-hydroxylation sites is 1. The van der Waals surface area contributed by atoms with E-state index in [0.29, 0.717) is 10.6 Å². The molecule has 0 atom stereocenters. The molecule has 0 saturated carbocycles. The molecule has 0 spiro atoms. The monoisotopic (exact) mass is 424 g/mol. The molecule has 0 bridgehead atoms. The number of thiophene rings is 1. The number of ether oxygens (including phenoxy) is 1. The molecule has 29 heavy (non-hydrogen) atoms. The number of carbonyl (C=O) groups is 1. The van der Waals surface area contributed by atoms with Crippen LogP contribution < -0.4 is 10.1 Å². The van der Waals surface area contributed by atoms with E-state index >= 15 is 0 Å². The van der Waals surface area contributed by atoms with Crippen molar-refractivity contribution in [2.75, 3.05) is 12.4 Å². The van der Waals surface area contributed by atoms with Crippen LogP contribution in [0.25, 0.3) is 0 Å². The number of amides is 1. The van der Waals surface area contributed by atoms with E-state index in [-0.39, 0.29) is 5.91 Å². The van der Waals surface area contributed by atoms with E-state index in [9.17, 15) is 4.79 Å². The van der Waals surface area contributed by atoms with Gasteiger partial charge in [0.05, 0.1) is 12.7 Å². The maximum absolute atomic E-state index is 13.2. The Morgan fingerprint density at radius 3 is 2.69 bits per heavy atom. The minimum Gasteiger partial charge on any atom is -0.496 e. The zero-order chi connectivity index (χ0) is 20.2. The predicted molar refractivity (Wildman–Crippen MR) is 121 cm³/mol. The largest absolute Gasteiger partial charge is 0.496 e. The number of anilines is 1. The number of hydrogen-bond acceptors (Lipinski definition) is 4. The normalized spacial score (nSPS) is 13.3. The number of carbonyl (C=O) groups excluding carboxylic acids is 1. The summed E-state index contributed by atoms with van der Waals surface area (Å²) in [4.78, 5) is 19.1. The van der Waals surface area contributed by atoms with Gasteiger partial charge in [0.2, 0.25) is 0 Å². The first-order valence-corrected chi connectivity index (χ1v) is 10.7. The average Bonchev–Trinajstić information content (AvgIpc) is 3.12. The number of aliphatic imine (C=N–C) groups is 1. The van der Waals surface area contributed by atoms with Gasteiger partial charge in [0.15, 0.2) is 0 Å². The molecule has 2 aromatic carbocycles. The lowest BCUT2D eigenvalue weighted by Gasteiger charge is -2.13. The summed E-state index contributed by atoms with van der Waals surface area (Å²) in [7, 11) is 1.64. The van der Waals surface area contributed by atoms with E-state index in [1.165, 1.54) is 4.88 Å². The third kappa shape index (κ3) is 4.36. The smallest absolute Gasteiger partial charge is 0.259 e. The SMILES string of the molecule is COc1ccccc1C=Nc1sc2c(c1C(=O)Nc1ccc(Cl)cc1)CCCC2. The highest BCUT2D eigenvalue weighted by molar-refractivity contribution is 7.16. The van der Waals surface area contributed by atoms with E-state index in [0.717, 1.165) is 53.2 Å². The van der Waals surface area contributed by atoms with Crippen molar-refractivity contribution in [2.45, 2.75) is 25.7 Å². The van der Waals surface area contributed by atoms with E-state index in [1.807, 2.05) is 24.3 Å². The molecule has 1 aliphatic rings. The van der Waals surface area contributed by atoms with Gasteiger partial charge in [-0.3, -0.25) is 4.79 Å². The van der Waals surface area contributed by atoms with Gasteiger partial charge in [-0.1, -0.05) is 23.7 Å². The molecule has 4 rings (SSSR count). The lowest BCUT2D eigenvalue weighted by atomic mass is 9.95. The van der Waals surface area contributed by atoms with Crippen LogP contribution in [0.2, 0.25) is 5.02 Å². The van der Waals surface area contributed by atoms with Crippen LogP contribution in [-0.2, 0) is 12.8 Å². The number of rotatable bonds is 5. The molecule has 1 amide bonds. The van der Waals surface area contributed by atoms with Crippen LogP contribution in [-0.4, -0.2) is 19.2 Å². The van der Waals surface area contributed by atoms with Crippen molar-refractivity contribution in [1.82, 2.24) is 0 Å². The maximum atomic E-state index is 13.2. The summed E-state index contributed by atoms with van der Waals surface area (Å²) in [6.07, 6.45) is 5.95. The highest BCUT2D eigenvalue weighted by atomic mass is 35.5. The third-order valence-corrected chi connectivity index (χ3v) is 6.39. The fourth-order valence-electron chi connectivity index (χ4n) is 3.50. The highest BCUT2D eigenvalue weighted by Gasteiger charge is 2.25. The number of benzene rings is 2. The molecular formula is C23H21ClN2O2S. The van der Waals surface area contributed by atoms with Crippen molar-refractivity contribution in [3.63, 3.8) is 0 Å². The van der Waals surface area contributed by atoms with Crippen molar-refractivity contribution < 1.29 is 9.53 Å². The van der Waals surface area contributed by atoms with E-state index < -0.39 is 0 Å². The fourth-order valence-corrected chi connectivity index (χ4v) is 4.86. The number of nitrogens with one attached hydrogen (secondary N) is 1. The molecule has 0 fully saturated rings. The lowest BCUT2D eigenvalue weighted by molar-refractivity contribution is 0.102. The molecular weight excluding hydrogens is 404 g/mol. The van der Waals surface area contributed by atoms with Crippen molar-refractivity contribution in [3.8, 4) is 5.75 Å². The Balaban J connectivity index is 1.68. The molecule has 1 heterocycles. The Labute approximate surface area is 179 Å². The predicted octanol–water partition coefficient (Wildman–Crippen LogP) is 6.29. The van der Waals surface area contributed by atoms with E-state index in [2.05, 4.69) is 5.32 Å². The van der Waals surface area contributed by atoms with Crippen LogP contribution in [0.15, 0.2) is 53.5 Å². The Hall–Kier alpha value is -2.63. The Morgan fingerprint density at radius 2 is 1.90 bits per heavy atom. The van der Waals surface area contributed by atoms with E-state index in [4.69, 9.17) is 21.3 Å². The molecule has 1 aliphatic carbocycles. The zero-order valence-electron chi connectivity index (χ0n) is 16.1. The van der Waals surface area contributed by atoms with Crippen LogP contribution in [0, 0.1) is 0 Å². The summed E-state index contributed by atoms with van der Waals surface area (Å²) in [6, 6.07) is 14.8. The Bertz CT molecular complexity index is 1060. The first-order valence-electron chi connectivity index (χ1n) is 9.54. The highest BCUT2D eigenvalue weighted by Crippen LogP contribution is 2.40. The van der Waals surface area contributed by atoms with Gasteiger partial charge < -0.3 is 10.1 Å². The summed E-state index contributed by atoms with van der Waals surface area (Å²) in [6.45, 7) is 0. The number of hydrogen-bond donors (Lipinski definition) is 1. The number of nitrogens with zero attached hydrogens (tertiary/aromatic N) is 1. The first-order chi connectivity index (χ1) is 14.2. The molecule has 1 aromatic heterocycles. The van der Waals surface area contributed by atoms with Crippen molar-refractivity contribution >= 4 is 45.7 Å². The summed E-state index contributed by atoms with van der Waals surface area (Å²) >= 11 is 7.57. The van der Waals surface area contributed by atoms with E-state index in [1.54, 1.807) is 48.9 Å². The second-order valence-corrected chi connectivity index (χ2v) is 8.37. The Morgan fingerprint density at radius 1 is 1.14 bits per heavy atom. The number of methoxy groups -OCH3 is 1. The summed E-state index contributed by atoms with van der Waals surface area (Å²) in [5.41, 5.74) is 3.42. The molecule has 1 N–H and O–H groups in total. The molecule has 148 valence electrons. The van der Waals surface area contributed by atoms with Crippen LogP contribution >= 0.6 is 22.9 Å². The molecule has 3 aromatic rings. The van der Waals surface area contributed by atoms with Gasteiger partial charge in [-0.25, -0.2) is 4.99 Å². The minimum absolute atomic E-state index is 0.126. The summed E-state index contributed by atoms with van der Waals surface area (Å²) < 4.78 is 5.40. The van der Waals surface area contributed by atoms with Gasteiger partial charge in [0.1, 0.15) is 10.8 Å². The van der Waals surface area contributed by atoms with Crippen LogP contribution in [0.5, 0.6) is 5.75 Å². The summed E-state index contributed by atoms with van der Waals surface area (Å²) in [5, 5.41) is 4.38. The quantitative estimate of drug-likeness (QED) is 0.489. The number of fused-ring (bicyclic) bond motifs is 1. The van der Waals surface area contributed by atoms with Crippen molar-refractivity contribution in [2.24, 2.45) is 4.99 Å². The fraction of sp³-hybridized carbons (Fsp3) is 0.217. The molecule has 0 aliphatic heterocycles. The van der Waals surface area contributed by atoms with Crippen LogP contribution in [0.3, 0.4) is 0 Å². The first kappa shape index (κ1) is 19.7. The minimum atomic E-state index is -0.126. The number of halogens is 1. The third-order valence-electron chi connectivity index (χ3n) is 4.94. The van der Waals surface area contributed by atoms with Crippen molar-refractivity contribution in [3.05, 3.63) is 75.1 Å². The van der Waals surface area contributed by atoms with Crippen LogP contribution in [0.1, 0.15) is 39.2 Å². The maximum Gasteiger partial charge on any atom is 0.259 e. The summed E-state index contributed by atoms with van der Waals surface area (Å²) in [5.74, 6) is 0.628. The van der Waals surface area contributed by atoms with Gasteiger partial charge in [0.25, 0.3) is 5.91 Å². The standard InChI is InChI=1S/C23H21ClN2O2S/c1-28-19-8-4-2-6-15(19)14-25-23-21(18-7-3-5-9-20(18)29-23)22(27)26-17-12-10-16(24)11-13-17/h2,4,6,8,10-14H,3,5,7,9H2,1H3,(H,26,27). The van der Waals surface area contributed by atoms with Gasteiger partial charge >= 0.3 is 0 Å². The van der Waals surface area contributed by atoms with Crippen LogP contribution in [0.4, 0.5) is 10.7 Å².